The second-order valence-electron chi connectivity index (χ2n) is 6.33. The molecule has 17 heavy (non-hydrogen) atoms. The number of H-pyrrole nitrogens is 1. The van der Waals surface area contributed by atoms with Crippen LogP contribution < -0.4 is 5.32 Å². The third-order valence-electron chi connectivity index (χ3n) is 3.99. The van der Waals surface area contributed by atoms with Gasteiger partial charge in [-0.05, 0) is 30.2 Å². The first-order valence-electron chi connectivity index (χ1n) is 6.79. The molecule has 0 spiro atoms. The van der Waals surface area contributed by atoms with Gasteiger partial charge >= 0.3 is 0 Å². The summed E-state index contributed by atoms with van der Waals surface area (Å²) < 4.78 is 0. The van der Waals surface area contributed by atoms with Crippen LogP contribution in [0.2, 0.25) is 0 Å². The van der Waals surface area contributed by atoms with Gasteiger partial charge in [-0.1, -0.05) is 33.6 Å². The van der Waals surface area contributed by atoms with E-state index in [9.17, 15) is 0 Å². The molecule has 3 heteroatoms. The van der Waals surface area contributed by atoms with Gasteiger partial charge < -0.3 is 5.32 Å². The number of hydrogen-bond acceptors (Lipinski definition) is 2. The lowest BCUT2D eigenvalue weighted by Gasteiger charge is -2.41. The molecule has 0 radical (unpaired) electrons. The largest absolute Gasteiger partial charge is 0.308 e. The van der Waals surface area contributed by atoms with Gasteiger partial charge in [0.2, 0.25) is 0 Å². The Balaban J connectivity index is 1.92. The Morgan fingerprint density at radius 2 is 2.12 bits per heavy atom. The molecule has 0 saturated heterocycles. The summed E-state index contributed by atoms with van der Waals surface area (Å²) in [5, 5.41) is 10.7. The van der Waals surface area contributed by atoms with Crippen LogP contribution in [-0.2, 0) is 6.54 Å². The van der Waals surface area contributed by atoms with Crippen molar-refractivity contribution in [2.45, 2.75) is 59.0 Å². The Labute approximate surface area is 104 Å². The first-order chi connectivity index (χ1) is 8.07. The molecule has 0 bridgehead atoms. The molecule has 2 rings (SSSR count). The quantitative estimate of drug-likeness (QED) is 0.845. The first kappa shape index (κ1) is 12.6. The summed E-state index contributed by atoms with van der Waals surface area (Å²) in [6, 6.07) is 2.70. The molecule has 1 fully saturated rings. The molecule has 0 amide bonds. The van der Waals surface area contributed by atoms with E-state index in [0.717, 1.165) is 12.5 Å². The molecule has 1 aliphatic rings. The molecule has 1 saturated carbocycles. The molecule has 3 nitrogen and oxygen atoms in total. The fourth-order valence-electron chi connectivity index (χ4n) is 3.04. The minimum absolute atomic E-state index is 0.409. The maximum Gasteiger partial charge on any atom is 0.0490 e. The molecule has 0 aliphatic heterocycles. The van der Waals surface area contributed by atoms with E-state index in [1.165, 1.54) is 31.4 Å². The van der Waals surface area contributed by atoms with Crippen LogP contribution >= 0.6 is 0 Å². The maximum absolute atomic E-state index is 3.99. The number of rotatable bonds is 3. The fraction of sp³-hybridized carbons (Fsp3) is 0.786. The summed E-state index contributed by atoms with van der Waals surface area (Å²) in [5.41, 5.74) is 1.59. The average Bonchev–Trinajstić information content (AvgIpc) is 2.78. The van der Waals surface area contributed by atoms with Gasteiger partial charge in [0.1, 0.15) is 0 Å². The minimum Gasteiger partial charge on any atom is -0.308 e. The molecule has 2 N–H and O–H groups in total. The second-order valence-corrected chi connectivity index (χ2v) is 6.33. The van der Waals surface area contributed by atoms with Crippen LogP contribution in [-0.4, -0.2) is 16.2 Å². The first-order valence-corrected chi connectivity index (χ1v) is 6.79. The number of nitrogens with one attached hydrogen (secondary N) is 2. The standard InChI is InChI=1S/C14H25N3/c1-14(2,3)12-6-4-5-7-13(12)15-10-11-8-9-16-17-11/h8-9,12-13,15H,4-7,10H2,1-3H3,(H,16,17). The summed E-state index contributed by atoms with van der Waals surface area (Å²) in [7, 11) is 0. The van der Waals surface area contributed by atoms with Crippen molar-refractivity contribution in [3.05, 3.63) is 18.0 Å². The summed E-state index contributed by atoms with van der Waals surface area (Å²) in [6.45, 7) is 8.02. The molecule has 2 atom stereocenters. The third kappa shape index (κ3) is 3.32. The van der Waals surface area contributed by atoms with E-state index in [4.69, 9.17) is 0 Å². The molecule has 1 aliphatic carbocycles. The van der Waals surface area contributed by atoms with E-state index < -0.39 is 0 Å². The molecular formula is C14H25N3. The Morgan fingerprint density at radius 1 is 1.35 bits per heavy atom. The van der Waals surface area contributed by atoms with Gasteiger partial charge in [-0.3, -0.25) is 5.10 Å². The summed E-state index contributed by atoms with van der Waals surface area (Å²) in [4.78, 5) is 0. The predicted octanol–water partition coefficient (Wildman–Crippen LogP) is 3.10. The Kier molecular flexibility index (Phi) is 3.87. The van der Waals surface area contributed by atoms with Gasteiger partial charge in [0.15, 0.2) is 0 Å². The van der Waals surface area contributed by atoms with Crippen molar-refractivity contribution in [2.24, 2.45) is 11.3 Å². The molecular weight excluding hydrogens is 210 g/mol. The van der Waals surface area contributed by atoms with Crippen LogP contribution in [0.1, 0.15) is 52.1 Å². The zero-order chi connectivity index (χ0) is 12.3. The van der Waals surface area contributed by atoms with Crippen LogP contribution in [0.4, 0.5) is 0 Å². The second kappa shape index (κ2) is 5.21. The lowest BCUT2D eigenvalue weighted by Crippen LogP contribution is -2.43. The summed E-state index contributed by atoms with van der Waals surface area (Å²) in [6.07, 6.45) is 7.26. The molecule has 96 valence electrons. The van der Waals surface area contributed by atoms with Crippen molar-refractivity contribution in [1.82, 2.24) is 15.5 Å². The summed E-state index contributed by atoms with van der Waals surface area (Å²) in [5.74, 6) is 0.791. The van der Waals surface area contributed by atoms with E-state index in [-0.39, 0.29) is 0 Å². The lowest BCUT2D eigenvalue weighted by atomic mass is 9.69. The van der Waals surface area contributed by atoms with E-state index in [0.29, 0.717) is 11.5 Å². The highest BCUT2D eigenvalue weighted by Gasteiger charge is 2.33. The minimum atomic E-state index is 0.409. The van der Waals surface area contributed by atoms with Crippen LogP contribution in [0.3, 0.4) is 0 Å². The third-order valence-corrected chi connectivity index (χ3v) is 3.99. The molecule has 0 aromatic carbocycles. The van der Waals surface area contributed by atoms with Crippen molar-refractivity contribution < 1.29 is 0 Å². The topological polar surface area (TPSA) is 40.7 Å². The van der Waals surface area contributed by atoms with Gasteiger partial charge in [0.05, 0.1) is 0 Å². The van der Waals surface area contributed by atoms with Gasteiger partial charge in [-0.25, -0.2) is 0 Å². The van der Waals surface area contributed by atoms with E-state index >= 15 is 0 Å². The van der Waals surface area contributed by atoms with Crippen LogP contribution in [0, 0.1) is 11.3 Å². The SMILES string of the molecule is CC(C)(C)C1CCCCC1NCc1ccn[nH]1. The molecule has 2 unspecified atom stereocenters. The number of nitrogens with zero attached hydrogens (tertiary/aromatic N) is 1. The van der Waals surface area contributed by atoms with Crippen molar-refractivity contribution in [2.75, 3.05) is 0 Å². The predicted molar refractivity (Wildman–Crippen MR) is 70.6 cm³/mol. The van der Waals surface area contributed by atoms with Gasteiger partial charge in [-0.2, -0.15) is 5.10 Å². The highest BCUT2D eigenvalue weighted by Crippen LogP contribution is 2.38. The molecule has 1 aromatic heterocycles. The highest BCUT2D eigenvalue weighted by atomic mass is 15.1. The lowest BCUT2D eigenvalue weighted by molar-refractivity contribution is 0.130. The average molecular weight is 235 g/mol. The van der Waals surface area contributed by atoms with E-state index in [1.807, 2.05) is 12.3 Å². The van der Waals surface area contributed by atoms with Crippen molar-refractivity contribution in [3.8, 4) is 0 Å². The van der Waals surface area contributed by atoms with Crippen LogP contribution in [0.5, 0.6) is 0 Å². The maximum atomic E-state index is 3.99. The Bertz CT molecular complexity index is 324. The zero-order valence-electron chi connectivity index (χ0n) is 11.3. The van der Waals surface area contributed by atoms with E-state index in [1.54, 1.807) is 0 Å². The van der Waals surface area contributed by atoms with Crippen molar-refractivity contribution in [1.29, 1.82) is 0 Å². The number of aromatic nitrogens is 2. The monoisotopic (exact) mass is 235 g/mol. The van der Waals surface area contributed by atoms with Gasteiger partial charge in [-0.15, -0.1) is 0 Å². The Hall–Kier alpha value is -0.830. The smallest absolute Gasteiger partial charge is 0.0490 e. The molecule has 1 aromatic rings. The highest BCUT2D eigenvalue weighted by molar-refractivity contribution is 4.98. The van der Waals surface area contributed by atoms with E-state index in [2.05, 4.69) is 36.3 Å². The van der Waals surface area contributed by atoms with Gasteiger partial charge in [0, 0.05) is 24.5 Å². The number of hydrogen-bond donors (Lipinski definition) is 2. The van der Waals surface area contributed by atoms with Crippen LogP contribution in [0.25, 0.3) is 0 Å². The van der Waals surface area contributed by atoms with Crippen molar-refractivity contribution in [3.63, 3.8) is 0 Å². The summed E-state index contributed by atoms with van der Waals surface area (Å²) >= 11 is 0. The normalized spacial score (nSPS) is 26.1. The number of aromatic amines is 1. The van der Waals surface area contributed by atoms with Crippen LogP contribution in [0.15, 0.2) is 12.3 Å². The zero-order valence-corrected chi connectivity index (χ0v) is 11.3. The van der Waals surface area contributed by atoms with Crippen molar-refractivity contribution >= 4 is 0 Å². The molecule has 1 heterocycles. The Morgan fingerprint density at radius 3 is 2.76 bits per heavy atom. The van der Waals surface area contributed by atoms with Gasteiger partial charge in [0.25, 0.3) is 0 Å². The fourth-order valence-corrected chi connectivity index (χ4v) is 3.04.